The van der Waals surface area contributed by atoms with E-state index in [1.54, 1.807) is 6.08 Å². The van der Waals surface area contributed by atoms with E-state index in [2.05, 4.69) is 0 Å². The van der Waals surface area contributed by atoms with Crippen molar-refractivity contribution in [1.29, 1.82) is 0 Å². The van der Waals surface area contributed by atoms with E-state index in [0.29, 0.717) is 4.91 Å². The number of rotatable bonds is 1. The van der Waals surface area contributed by atoms with Crippen LogP contribution in [0.1, 0.15) is 36.1 Å². The minimum atomic E-state index is -2.00. The highest BCUT2D eigenvalue weighted by Gasteiger charge is 2.31. The number of fused-ring (bicyclic) bond motifs is 1. The molecule has 0 fully saturated rings. The summed E-state index contributed by atoms with van der Waals surface area (Å²) in [5.41, 5.74) is 3.33. The van der Waals surface area contributed by atoms with Crippen molar-refractivity contribution in [2.75, 3.05) is 0 Å². The Balaban J connectivity index is 2.80. The van der Waals surface area contributed by atoms with Gasteiger partial charge in [0.25, 0.3) is 0 Å². The standard InChI is InChI=1S/C14H18O3S/c1-8-6-9(2)12-11(18(15)16)7-14(4,5)17-13(12)10(8)3/h6-7H,1-5H3,(H,15,16). The Hall–Kier alpha value is -1.13. The van der Waals surface area contributed by atoms with Gasteiger partial charge in [0.15, 0.2) is 11.1 Å². The molecule has 2 rings (SSSR count). The summed E-state index contributed by atoms with van der Waals surface area (Å²) in [6, 6.07) is 2.02. The van der Waals surface area contributed by atoms with E-state index in [4.69, 9.17) is 4.74 Å². The van der Waals surface area contributed by atoms with Crippen molar-refractivity contribution in [2.45, 2.75) is 40.2 Å². The highest BCUT2D eigenvalue weighted by atomic mass is 32.2. The van der Waals surface area contributed by atoms with Gasteiger partial charge in [0.2, 0.25) is 0 Å². The lowest BCUT2D eigenvalue weighted by Gasteiger charge is -2.32. The van der Waals surface area contributed by atoms with Crippen LogP contribution in [0.3, 0.4) is 0 Å². The summed E-state index contributed by atoms with van der Waals surface area (Å²) in [5.74, 6) is 0.734. The highest BCUT2D eigenvalue weighted by Crippen LogP contribution is 2.42. The van der Waals surface area contributed by atoms with Crippen molar-refractivity contribution in [1.82, 2.24) is 0 Å². The molecule has 98 valence electrons. The van der Waals surface area contributed by atoms with Crippen LogP contribution in [0, 0.1) is 20.8 Å². The highest BCUT2D eigenvalue weighted by molar-refractivity contribution is 7.89. The largest absolute Gasteiger partial charge is 0.483 e. The first-order valence-electron chi connectivity index (χ1n) is 5.87. The molecular formula is C14H18O3S. The summed E-state index contributed by atoms with van der Waals surface area (Å²) in [7, 11) is 0. The van der Waals surface area contributed by atoms with Gasteiger partial charge in [-0.3, -0.25) is 0 Å². The number of aryl methyl sites for hydroxylation is 2. The number of hydrogen-bond donors (Lipinski definition) is 1. The molecule has 1 unspecified atom stereocenters. The summed E-state index contributed by atoms with van der Waals surface area (Å²) < 4.78 is 27.0. The average molecular weight is 266 g/mol. The van der Waals surface area contributed by atoms with Gasteiger partial charge in [0.05, 0.1) is 4.91 Å². The smallest absolute Gasteiger partial charge is 0.187 e. The fraction of sp³-hybridized carbons (Fsp3) is 0.429. The molecule has 0 saturated heterocycles. The zero-order valence-electron chi connectivity index (χ0n) is 11.3. The molecule has 0 saturated carbocycles. The van der Waals surface area contributed by atoms with Crippen molar-refractivity contribution < 1.29 is 13.5 Å². The number of ether oxygens (including phenoxy) is 1. The van der Waals surface area contributed by atoms with Gasteiger partial charge in [-0.25, -0.2) is 4.21 Å². The minimum Gasteiger partial charge on any atom is -0.483 e. The Labute approximate surface area is 110 Å². The van der Waals surface area contributed by atoms with Crippen molar-refractivity contribution in [3.05, 3.63) is 34.4 Å². The van der Waals surface area contributed by atoms with E-state index in [-0.39, 0.29) is 0 Å². The second kappa shape index (κ2) is 4.21. The summed E-state index contributed by atoms with van der Waals surface area (Å²) in [5, 5.41) is 0. The molecule has 1 atom stereocenters. The molecule has 1 heterocycles. The van der Waals surface area contributed by atoms with Gasteiger partial charge in [-0.15, -0.1) is 0 Å². The molecule has 1 aliphatic rings. The molecule has 1 aromatic rings. The maximum absolute atomic E-state index is 11.5. The molecule has 0 radical (unpaired) electrons. The Kier molecular flexibility index (Phi) is 3.11. The first kappa shape index (κ1) is 13.3. The SMILES string of the molecule is Cc1cc(C)c2c(c1C)OC(C)(C)C=C2S(=O)O. The molecule has 0 spiro atoms. The molecule has 1 aliphatic heterocycles. The third kappa shape index (κ3) is 2.10. The van der Waals surface area contributed by atoms with E-state index >= 15 is 0 Å². The van der Waals surface area contributed by atoms with E-state index in [1.165, 1.54) is 0 Å². The van der Waals surface area contributed by atoms with Crippen molar-refractivity contribution in [2.24, 2.45) is 0 Å². The van der Waals surface area contributed by atoms with Gasteiger partial charge in [0, 0.05) is 5.56 Å². The van der Waals surface area contributed by atoms with Gasteiger partial charge in [-0.05, 0) is 57.4 Å². The molecule has 1 N–H and O–H groups in total. The Morgan fingerprint density at radius 2 is 1.83 bits per heavy atom. The lowest BCUT2D eigenvalue weighted by molar-refractivity contribution is 0.157. The predicted molar refractivity (Wildman–Crippen MR) is 74.1 cm³/mol. The second-order valence-electron chi connectivity index (χ2n) is 5.30. The van der Waals surface area contributed by atoms with Crippen LogP contribution in [-0.4, -0.2) is 14.4 Å². The van der Waals surface area contributed by atoms with Crippen molar-refractivity contribution >= 4 is 16.0 Å². The third-order valence-corrected chi connectivity index (χ3v) is 3.96. The van der Waals surface area contributed by atoms with Crippen LogP contribution in [0.5, 0.6) is 5.75 Å². The second-order valence-corrected chi connectivity index (χ2v) is 6.24. The third-order valence-electron chi connectivity index (χ3n) is 3.26. The molecule has 0 amide bonds. The van der Waals surface area contributed by atoms with Crippen LogP contribution in [0.25, 0.3) is 4.91 Å². The van der Waals surface area contributed by atoms with E-state index < -0.39 is 16.7 Å². The zero-order chi connectivity index (χ0) is 13.7. The quantitative estimate of drug-likeness (QED) is 0.793. The van der Waals surface area contributed by atoms with E-state index in [9.17, 15) is 8.76 Å². The van der Waals surface area contributed by atoms with Crippen LogP contribution in [0.2, 0.25) is 0 Å². The van der Waals surface area contributed by atoms with Gasteiger partial charge in [0.1, 0.15) is 11.4 Å². The van der Waals surface area contributed by atoms with Crippen LogP contribution in [-0.2, 0) is 11.1 Å². The predicted octanol–water partition coefficient (Wildman–Crippen LogP) is 3.35. The molecule has 3 nitrogen and oxygen atoms in total. The summed E-state index contributed by atoms with van der Waals surface area (Å²) in [6.07, 6.45) is 1.73. The summed E-state index contributed by atoms with van der Waals surface area (Å²) in [4.78, 5) is 0.446. The fourth-order valence-electron chi connectivity index (χ4n) is 2.30. The molecular weight excluding hydrogens is 248 g/mol. The van der Waals surface area contributed by atoms with E-state index in [0.717, 1.165) is 28.0 Å². The average Bonchev–Trinajstić information content (AvgIpc) is 2.23. The fourth-order valence-corrected chi connectivity index (χ4v) is 3.12. The molecule has 1 aromatic carbocycles. The Morgan fingerprint density at radius 3 is 2.39 bits per heavy atom. The lowest BCUT2D eigenvalue weighted by Crippen LogP contribution is -2.30. The Bertz CT molecular complexity index is 571. The van der Waals surface area contributed by atoms with Gasteiger partial charge in [-0.2, -0.15) is 0 Å². The van der Waals surface area contributed by atoms with Crippen LogP contribution < -0.4 is 4.74 Å². The maximum atomic E-state index is 11.5. The maximum Gasteiger partial charge on any atom is 0.187 e. The first-order valence-corrected chi connectivity index (χ1v) is 6.97. The summed E-state index contributed by atoms with van der Waals surface area (Å²) >= 11 is -2.00. The molecule has 4 heteroatoms. The number of hydrogen-bond acceptors (Lipinski definition) is 2. The van der Waals surface area contributed by atoms with Crippen molar-refractivity contribution in [3.8, 4) is 5.75 Å². The first-order chi connectivity index (χ1) is 8.23. The molecule has 18 heavy (non-hydrogen) atoms. The van der Waals surface area contributed by atoms with E-state index in [1.807, 2.05) is 40.7 Å². The van der Waals surface area contributed by atoms with Crippen LogP contribution in [0.4, 0.5) is 0 Å². The molecule has 0 aliphatic carbocycles. The topological polar surface area (TPSA) is 46.5 Å². The van der Waals surface area contributed by atoms with Crippen LogP contribution >= 0.6 is 0 Å². The van der Waals surface area contributed by atoms with Gasteiger partial charge < -0.3 is 9.29 Å². The zero-order valence-corrected chi connectivity index (χ0v) is 12.1. The summed E-state index contributed by atoms with van der Waals surface area (Å²) in [6.45, 7) is 9.72. The monoisotopic (exact) mass is 266 g/mol. The normalized spacial score (nSPS) is 18.7. The lowest BCUT2D eigenvalue weighted by atomic mass is 9.94. The number of benzene rings is 1. The molecule has 0 bridgehead atoms. The van der Waals surface area contributed by atoms with Gasteiger partial charge in [-0.1, -0.05) is 6.07 Å². The van der Waals surface area contributed by atoms with Crippen molar-refractivity contribution in [3.63, 3.8) is 0 Å². The van der Waals surface area contributed by atoms with Crippen LogP contribution in [0.15, 0.2) is 12.1 Å². The molecule has 0 aromatic heterocycles. The van der Waals surface area contributed by atoms with Gasteiger partial charge >= 0.3 is 0 Å². The Morgan fingerprint density at radius 1 is 1.22 bits per heavy atom. The minimum absolute atomic E-state index is 0.446.